The van der Waals surface area contributed by atoms with Gasteiger partial charge in [-0.05, 0) is 36.3 Å². The Morgan fingerprint density at radius 1 is 1.26 bits per heavy atom. The van der Waals surface area contributed by atoms with Crippen LogP contribution in [-0.4, -0.2) is 48.7 Å². The molecule has 4 heterocycles. The number of amides is 1. The maximum atomic E-state index is 11.8. The van der Waals surface area contributed by atoms with Crippen LogP contribution in [0.25, 0.3) is 33.4 Å². The molecule has 1 amide bonds. The van der Waals surface area contributed by atoms with Gasteiger partial charge in [0.15, 0.2) is 0 Å². The van der Waals surface area contributed by atoms with Gasteiger partial charge in [0.1, 0.15) is 0 Å². The Morgan fingerprint density at radius 3 is 2.85 bits per heavy atom. The molecule has 0 spiro atoms. The number of nitrogens with zero attached hydrogens (tertiary/aromatic N) is 4. The number of carboxylic acid groups (broad SMARTS) is 1. The Hall–Kier alpha value is -3.13. The number of aromatic nitrogens is 4. The van der Waals surface area contributed by atoms with Crippen LogP contribution in [0.15, 0.2) is 30.5 Å². The summed E-state index contributed by atoms with van der Waals surface area (Å²) in [5.41, 5.74) is 6.81. The lowest BCUT2D eigenvalue weighted by Gasteiger charge is -2.44. The standard InChI is InChI=1S/C26H29N5O2S/c1-26(2,3)22-10-14(7-8-31(22)25(32)33)20-11-17-21(34-20)12-18-23(28-29-24(17)18)15-5-6-16-13-27-30(4)19(16)9-15/h5-6,9,11,13-14,22H,7-8,10,12H2,1-4H3,(H,28,29)(H,32,33). The van der Waals surface area contributed by atoms with E-state index in [1.165, 1.54) is 20.9 Å². The summed E-state index contributed by atoms with van der Waals surface area (Å²) in [6.45, 7) is 7.03. The molecule has 1 aromatic carbocycles. The number of likely N-dealkylation sites (tertiary alicyclic amines) is 1. The van der Waals surface area contributed by atoms with Crippen molar-refractivity contribution in [2.45, 2.75) is 52.0 Å². The lowest BCUT2D eigenvalue weighted by molar-refractivity contribution is 0.0530. The van der Waals surface area contributed by atoms with Crippen molar-refractivity contribution in [3.05, 3.63) is 45.8 Å². The van der Waals surface area contributed by atoms with E-state index >= 15 is 0 Å². The number of rotatable bonds is 2. The van der Waals surface area contributed by atoms with E-state index in [0.717, 1.165) is 47.1 Å². The summed E-state index contributed by atoms with van der Waals surface area (Å²) in [5.74, 6) is 0.397. The molecular formula is C26H29N5O2S. The van der Waals surface area contributed by atoms with E-state index in [0.29, 0.717) is 12.5 Å². The number of carbonyl (C=O) groups is 1. The summed E-state index contributed by atoms with van der Waals surface area (Å²) in [6.07, 6.45) is 3.73. The fourth-order valence-corrected chi connectivity index (χ4v) is 7.05. The van der Waals surface area contributed by atoms with Gasteiger partial charge in [-0.1, -0.05) is 32.9 Å². The predicted octanol–water partition coefficient (Wildman–Crippen LogP) is 5.87. The molecule has 34 heavy (non-hydrogen) atoms. The first-order valence-corrected chi connectivity index (χ1v) is 12.6. The average molecular weight is 476 g/mol. The van der Waals surface area contributed by atoms with E-state index in [-0.39, 0.29) is 11.5 Å². The molecule has 2 aliphatic rings. The molecule has 0 saturated carbocycles. The minimum Gasteiger partial charge on any atom is -0.465 e. The normalized spacial score (nSPS) is 20.1. The molecule has 1 aliphatic carbocycles. The second kappa shape index (κ2) is 7.43. The van der Waals surface area contributed by atoms with Crippen LogP contribution in [0.4, 0.5) is 4.79 Å². The van der Waals surface area contributed by atoms with E-state index in [4.69, 9.17) is 5.10 Å². The number of hydrogen-bond acceptors (Lipinski definition) is 4. The van der Waals surface area contributed by atoms with Crippen molar-refractivity contribution in [3.63, 3.8) is 0 Å². The number of H-pyrrole nitrogens is 1. The highest BCUT2D eigenvalue weighted by molar-refractivity contribution is 7.12. The molecule has 1 fully saturated rings. The van der Waals surface area contributed by atoms with Gasteiger partial charge in [0, 0.05) is 57.9 Å². The number of aryl methyl sites for hydroxylation is 1. The van der Waals surface area contributed by atoms with Gasteiger partial charge in [0.05, 0.1) is 23.1 Å². The highest BCUT2D eigenvalue weighted by Gasteiger charge is 2.40. The first kappa shape index (κ1) is 21.4. The van der Waals surface area contributed by atoms with Gasteiger partial charge in [-0.3, -0.25) is 9.78 Å². The summed E-state index contributed by atoms with van der Waals surface area (Å²) in [5, 5.41) is 23.2. The smallest absolute Gasteiger partial charge is 0.407 e. The molecule has 1 saturated heterocycles. The third-order valence-corrected chi connectivity index (χ3v) is 8.87. The topological polar surface area (TPSA) is 87.0 Å². The molecule has 3 aromatic heterocycles. The van der Waals surface area contributed by atoms with Crippen molar-refractivity contribution in [1.29, 1.82) is 0 Å². The number of benzene rings is 1. The molecule has 7 nitrogen and oxygen atoms in total. The first-order chi connectivity index (χ1) is 16.2. The molecule has 2 N–H and O–H groups in total. The van der Waals surface area contributed by atoms with Gasteiger partial charge >= 0.3 is 6.09 Å². The third-order valence-electron chi connectivity index (χ3n) is 7.57. The van der Waals surface area contributed by atoms with Gasteiger partial charge in [0.2, 0.25) is 0 Å². The molecule has 4 aromatic rings. The quantitative estimate of drug-likeness (QED) is 0.334. The van der Waals surface area contributed by atoms with Crippen molar-refractivity contribution in [2.24, 2.45) is 12.5 Å². The van der Waals surface area contributed by atoms with Crippen LogP contribution in [-0.2, 0) is 13.5 Å². The minimum absolute atomic E-state index is 0.0249. The van der Waals surface area contributed by atoms with Gasteiger partial charge in [-0.15, -0.1) is 11.3 Å². The molecule has 0 radical (unpaired) electrons. The lowest BCUT2D eigenvalue weighted by atomic mass is 9.76. The lowest BCUT2D eigenvalue weighted by Crippen LogP contribution is -2.51. The van der Waals surface area contributed by atoms with Crippen molar-refractivity contribution < 1.29 is 9.90 Å². The van der Waals surface area contributed by atoms with Gasteiger partial charge in [-0.2, -0.15) is 10.2 Å². The monoisotopic (exact) mass is 475 g/mol. The van der Waals surface area contributed by atoms with Gasteiger partial charge < -0.3 is 10.0 Å². The Bertz CT molecular complexity index is 1420. The highest BCUT2D eigenvalue weighted by atomic mass is 32.1. The zero-order valence-corrected chi connectivity index (χ0v) is 20.7. The van der Waals surface area contributed by atoms with Crippen LogP contribution < -0.4 is 0 Å². The molecule has 176 valence electrons. The van der Waals surface area contributed by atoms with Crippen LogP contribution in [0.1, 0.15) is 54.8 Å². The summed E-state index contributed by atoms with van der Waals surface area (Å²) in [6, 6.07) is 8.76. The van der Waals surface area contributed by atoms with Crippen LogP contribution in [0.2, 0.25) is 0 Å². The maximum absolute atomic E-state index is 11.8. The van der Waals surface area contributed by atoms with Crippen LogP contribution in [0.3, 0.4) is 0 Å². The SMILES string of the molecule is Cn1ncc2ccc(-c3n[nH]c4c3Cc3sc(C5CCN(C(=O)O)C(C(C)(C)C)C5)cc3-4)cc21. The average Bonchev–Trinajstić information content (AvgIpc) is 3.54. The second-order valence-electron chi connectivity index (χ2n) is 10.7. The van der Waals surface area contributed by atoms with E-state index in [9.17, 15) is 9.90 Å². The summed E-state index contributed by atoms with van der Waals surface area (Å²) in [4.78, 5) is 16.2. The second-order valence-corrected chi connectivity index (χ2v) is 11.9. The summed E-state index contributed by atoms with van der Waals surface area (Å²) < 4.78 is 1.90. The fourth-order valence-electron chi connectivity index (χ4n) is 5.72. The Morgan fingerprint density at radius 2 is 2.09 bits per heavy atom. The predicted molar refractivity (Wildman–Crippen MR) is 134 cm³/mol. The number of fused-ring (bicyclic) bond motifs is 4. The number of piperidine rings is 1. The summed E-state index contributed by atoms with van der Waals surface area (Å²) >= 11 is 1.89. The highest BCUT2D eigenvalue weighted by Crippen LogP contribution is 2.48. The number of aromatic amines is 1. The Balaban J connectivity index is 1.30. The Labute approximate surface area is 202 Å². The number of thiophene rings is 1. The van der Waals surface area contributed by atoms with Gasteiger partial charge in [-0.25, -0.2) is 4.79 Å². The zero-order chi connectivity index (χ0) is 23.8. The molecule has 0 bridgehead atoms. The fraction of sp³-hybridized carbons (Fsp3) is 0.423. The third kappa shape index (κ3) is 3.27. The van der Waals surface area contributed by atoms with Crippen molar-refractivity contribution >= 4 is 28.3 Å². The number of nitrogens with one attached hydrogen (secondary N) is 1. The minimum atomic E-state index is -0.800. The molecule has 2 atom stereocenters. The van der Waals surface area contributed by atoms with Crippen molar-refractivity contribution in [3.8, 4) is 22.5 Å². The van der Waals surface area contributed by atoms with E-state index in [1.54, 1.807) is 4.90 Å². The molecule has 1 aliphatic heterocycles. The van der Waals surface area contributed by atoms with Crippen molar-refractivity contribution in [2.75, 3.05) is 6.54 Å². The van der Waals surface area contributed by atoms with Crippen LogP contribution in [0.5, 0.6) is 0 Å². The largest absolute Gasteiger partial charge is 0.465 e. The van der Waals surface area contributed by atoms with E-state index in [1.807, 2.05) is 29.3 Å². The number of hydrogen-bond donors (Lipinski definition) is 2. The Kier molecular flexibility index (Phi) is 4.68. The zero-order valence-electron chi connectivity index (χ0n) is 19.9. The van der Waals surface area contributed by atoms with E-state index < -0.39 is 6.09 Å². The first-order valence-electron chi connectivity index (χ1n) is 11.8. The molecule has 2 unspecified atom stereocenters. The summed E-state index contributed by atoms with van der Waals surface area (Å²) in [7, 11) is 1.96. The van der Waals surface area contributed by atoms with Crippen molar-refractivity contribution in [1.82, 2.24) is 24.9 Å². The van der Waals surface area contributed by atoms with Crippen LogP contribution >= 0.6 is 11.3 Å². The molecule has 6 rings (SSSR count). The van der Waals surface area contributed by atoms with E-state index in [2.05, 4.69) is 55.2 Å². The van der Waals surface area contributed by atoms with Crippen LogP contribution in [0, 0.1) is 5.41 Å². The molecular weight excluding hydrogens is 446 g/mol. The van der Waals surface area contributed by atoms with Gasteiger partial charge in [0.25, 0.3) is 0 Å². The molecule has 8 heteroatoms. The maximum Gasteiger partial charge on any atom is 0.407 e.